The molecule has 0 aliphatic carbocycles. The Morgan fingerprint density at radius 3 is 2.78 bits per heavy atom. The maximum atomic E-state index is 6.22. The minimum absolute atomic E-state index is 0. The molecule has 0 atom stereocenters. The molecule has 0 saturated carbocycles. The van der Waals surface area contributed by atoms with Gasteiger partial charge in [-0.2, -0.15) is 4.98 Å². The molecule has 0 aliphatic heterocycles. The lowest BCUT2D eigenvalue weighted by Crippen LogP contribution is -2.18. The first-order valence-electron chi connectivity index (χ1n) is 8.26. The van der Waals surface area contributed by atoms with Gasteiger partial charge in [-0.05, 0) is 31.2 Å². The van der Waals surface area contributed by atoms with Crippen molar-refractivity contribution in [2.24, 2.45) is 0 Å². The molecule has 4 N–H and O–H groups in total. The summed E-state index contributed by atoms with van der Waals surface area (Å²) in [5.74, 6) is 0.711. The van der Waals surface area contributed by atoms with Gasteiger partial charge in [-0.1, -0.05) is 23.2 Å². The van der Waals surface area contributed by atoms with Crippen LogP contribution in [0.25, 0.3) is 22.1 Å². The van der Waals surface area contributed by atoms with E-state index in [0.717, 1.165) is 48.2 Å². The summed E-state index contributed by atoms with van der Waals surface area (Å²) in [6.45, 7) is 2.41. The third-order valence-corrected chi connectivity index (χ3v) is 4.54. The molecule has 27 heavy (non-hydrogen) atoms. The van der Waals surface area contributed by atoms with Crippen LogP contribution < -0.4 is 10.6 Å². The average Bonchev–Trinajstić information content (AvgIpc) is 3.21. The summed E-state index contributed by atoms with van der Waals surface area (Å²) in [6.07, 6.45) is 4.15. The summed E-state index contributed by atoms with van der Waals surface area (Å²) >= 11 is 12.2. The molecule has 0 saturated heterocycles. The Bertz CT molecular complexity index is 1010. The zero-order valence-corrected chi connectivity index (χ0v) is 16.5. The molecular formula is C17H18Cl3N7. The van der Waals surface area contributed by atoms with Crippen LogP contribution in [0, 0.1) is 0 Å². The smallest absolute Gasteiger partial charge is 0.202 e. The van der Waals surface area contributed by atoms with E-state index < -0.39 is 0 Å². The zero-order chi connectivity index (χ0) is 17.9. The Hall–Kier alpha value is -2.06. The third kappa shape index (κ3) is 4.62. The van der Waals surface area contributed by atoms with Crippen molar-refractivity contribution in [3.8, 4) is 0 Å². The summed E-state index contributed by atoms with van der Waals surface area (Å²) in [6, 6.07) is 5.69. The number of imidazole rings is 1. The van der Waals surface area contributed by atoms with Gasteiger partial charge < -0.3 is 20.6 Å². The number of rotatable bonds is 7. The number of aromatic amines is 2. The molecule has 3 heterocycles. The van der Waals surface area contributed by atoms with Crippen LogP contribution in [0.3, 0.4) is 0 Å². The Labute approximate surface area is 171 Å². The molecule has 0 aliphatic rings. The van der Waals surface area contributed by atoms with Gasteiger partial charge in [-0.3, -0.25) is 0 Å². The van der Waals surface area contributed by atoms with Crippen LogP contribution >= 0.6 is 35.6 Å². The van der Waals surface area contributed by atoms with Crippen molar-refractivity contribution in [2.45, 2.75) is 13.0 Å². The quantitative estimate of drug-likeness (QED) is 0.333. The summed E-state index contributed by atoms with van der Waals surface area (Å²) in [7, 11) is 0. The van der Waals surface area contributed by atoms with Gasteiger partial charge in [-0.25, -0.2) is 9.97 Å². The fourth-order valence-corrected chi connectivity index (χ4v) is 3.35. The number of benzene rings is 1. The van der Waals surface area contributed by atoms with E-state index >= 15 is 0 Å². The largest absolute Gasteiger partial charge is 0.357 e. The van der Waals surface area contributed by atoms with Crippen molar-refractivity contribution in [3.63, 3.8) is 0 Å². The monoisotopic (exact) mass is 425 g/mol. The summed E-state index contributed by atoms with van der Waals surface area (Å²) in [4.78, 5) is 18.9. The molecule has 3 aromatic heterocycles. The number of aromatic nitrogens is 5. The number of halogens is 3. The maximum Gasteiger partial charge on any atom is 0.202 e. The summed E-state index contributed by atoms with van der Waals surface area (Å²) in [5, 5.41) is 8.94. The highest BCUT2D eigenvalue weighted by molar-refractivity contribution is 6.38. The number of H-pyrrole nitrogens is 2. The molecule has 0 unspecified atom stereocenters. The first-order chi connectivity index (χ1) is 12.7. The molecule has 0 radical (unpaired) electrons. The molecule has 0 spiro atoms. The molecule has 4 aromatic rings. The van der Waals surface area contributed by atoms with E-state index in [1.54, 1.807) is 12.3 Å². The SMILES string of the molecule is Cl.Clc1cc(Cl)c2cc(CNCCCNc3nc4ncncc4[nH]3)[nH]c2c1. The van der Waals surface area contributed by atoms with Crippen molar-refractivity contribution in [3.05, 3.63) is 46.5 Å². The maximum absolute atomic E-state index is 6.22. The topological polar surface area (TPSA) is 94.3 Å². The number of hydrogen-bond acceptors (Lipinski definition) is 5. The molecule has 10 heteroatoms. The van der Waals surface area contributed by atoms with Gasteiger partial charge in [0.15, 0.2) is 5.65 Å². The molecule has 0 amide bonds. The standard InChI is InChI=1S/C17H17Cl2N7.ClH/c18-10-4-13(19)12-6-11(24-14(12)5-10)7-20-2-1-3-22-17-25-15-8-21-9-23-16(15)26-17;/h4-6,8-9,20,24H,1-3,7H2,(H2,21,22,23,25,26);1H. The Morgan fingerprint density at radius 1 is 1.04 bits per heavy atom. The molecular weight excluding hydrogens is 409 g/mol. The Kier molecular flexibility index (Phi) is 6.38. The molecule has 0 bridgehead atoms. The number of nitrogens with one attached hydrogen (secondary N) is 4. The number of fused-ring (bicyclic) bond motifs is 2. The Morgan fingerprint density at radius 2 is 1.93 bits per heavy atom. The molecule has 4 rings (SSSR count). The third-order valence-electron chi connectivity index (χ3n) is 4.01. The van der Waals surface area contributed by atoms with Crippen molar-refractivity contribution >= 4 is 63.6 Å². The molecule has 0 fully saturated rings. The van der Waals surface area contributed by atoms with Crippen molar-refractivity contribution < 1.29 is 0 Å². The zero-order valence-electron chi connectivity index (χ0n) is 14.2. The number of hydrogen-bond donors (Lipinski definition) is 4. The molecule has 1 aromatic carbocycles. The van der Waals surface area contributed by atoms with E-state index in [1.807, 2.05) is 6.07 Å². The highest BCUT2D eigenvalue weighted by Crippen LogP contribution is 2.28. The van der Waals surface area contributed by atoms with Crippen LogP contribution in [0.5, 0.6) is 0 Å². The van der Waals surface area contributed by atoms with Crippen LogP contribution in [0.15, 0.2) is 30.7 Å². The van der Waals surface area contributed by atoms with E-state index in [-0.39, 0.29) is 12.4 Å². The van der Waals surface area contributed by atoms with E-state index in [0.29, 0.717) is 21.6 Å². The fraction of sp³-hybridized carbons (Fsp3) is 0.235. The predicted molar refractivity (Wildman–Crippen MR) is 112 cm³/mol. The predicted octanol–water partition coefficient (Wildman–Crippen LogP) is 4.15. The van der Waals surface area contributed by atoms with Crippen LogP contribution in [0.2, 0.25) is 10.0 Å². The highest BCUT2D eigenvalue weighted by atomic mass is 35.5. The number of nitrogens with zero attached hydrogens (tertiary/aromatic N) is 3. The van der Waals surface area contributed by atoms with Gasteiger partial charge in [0.05, 0.1) is 11.2 Å². The number of anilines is 1. The van der Waals surface area contributed by atoms with E-state index in [1.165, 1.54) is 6.33 Å². The van der Waals surface area contributed by atoms with Gasteiger partial charge in [0.1, 0.15) is 11.8 Å². The lowest BCUT2D eigenvalue weighted by atomic mass is 10.2. The van der Waals surface area contributed by atoms with Gasteiger partial charge in [0.25, 0.3) is 0 Å². The van der Waals surface area contributed by atoms with Crippen molar-refractivity contribution in [1.29, 1.82) is 0 Å². The average molecular weight is 427 g/mol. The lowest BCUT2D eigenvalue weighted by Gasteiger charge is -2.04. The van der Waals surface area contributed by atoms with Crippen molar-refractivity contribution in [2.75, 3.05) is 18.4 Å². The van der Waals surface area contributed by atoms with Gasteiger partial charge in [0.2, 0.25) is 5.95 Å². The minimum Gasteiger partial charge on any atom is -0.357 e. The van der Waals surface area contributed by atoms with Crippen LogP contribution in [-0.4, -0.2) is 38.0 Å². The second kappa shape index (κ2) is 8.75. The summed E-state index contributed by atoms with van der Waals surface area (Å²) in [5.41, 5.74) is 3.52. The van der Waals surface area contributed by atoms with E-state index in [4.69, 9.17) is 23.2 Å². The lowest BCUT2D eigenvalue weighted by molar-refractivity contribution is 0.655. The molecule has 142 valence electrons. The van der Waals surface area contributed by atoms with E-state index in [9.17, 15) is 0 Å². The first-order valence-corrected chi connectivity index (χ1v) is 9.01. The normalized spacial score (nSPS) is 11.0. The second-order valence-electron chi connectivity index (χ2n) is 5.95. The van der Waals surface area contributed by atoms with Gasteiger partial charge in [-0.15, -0.1) is 12.4 Å². The van der Waals surface area contributed by atoms with Crippen LogP contribution in [0.4, 0.5) is 5.95 Å². The van der Waals surface area contributed by atoms with Crippen molar-refractivity contribution in [1.82, 2.24) is 30.2 Å². The molecule has 7 nitrogen and oxygen atoms in total. The first kappa shape index (κ1) is 19.7. The van der Waals surface area contributed by atoms with E-state index in [2.05, 4.69) is 41.6 Å². The highest BCUT2D eigenvalue weighted by Gasteiger charge is 2.06. The second-order valence-corrected chi connectivity index (χ2v) is 6.79. The summed E-state index contributed by atoms with van der Waals surface area (Å²) < 4.78 is 0. The Balaban J connectivity index is 0.00000210. The fourth-order valence-electron chi connectivity index (χ4n) is 2.80. The van der Waals surface area contributed by atoms with Crippen LogP contribution in [0.1, 0.15) is 12.1 Å². The van der Waals surface area contributed by atoms with Gasteiger partial charge >= 0.3 is 0 Å². The van der Waals surface area contributed by atoms with Gasteiger partial charge in [0, 0.05) is 34.7 Å². The minimum atomic E-state index is 0. The van der Waals surface area contributed by atoms with Crippen LogP contribution in [-0.2, 0) is 6.54 Å².